The van der Waals surface area contributed by atoms with Crippen molar-refractivity contribution in [1.82, 2.24) is 9.78 Å². The monoisotopic (exact) mass is 297 g/mol. The molecule has 5 nitrogen and oxygen atoms in total. The first-order valence-corrected chi connectivity index (χ1v) is 6.22. The van der Waals surface area contributed by atoms with Gasteiger partial charge in [0.1, 0.15) is 17.4 Å². The minimum atomic E-state index is -0.533. The SMILES string of the molecule is Cc1cc(NC(=O)COc2ccc(F)c(Cl)c2)n(C)n1. The number of rotatable bonds is 4. The van der Waals surface area contributed by atoms with E-state index in [0.717, 1.165) is 5.69 Å². The van der Waals surface area contributed by atoms with Crippen LogP contribution in [0.15, 0.2) is 24.3 Å². The topological polar surface area (TPSA) is 56.1 Å². The minimum absolute atomic E-state index is 0.0508. The van der Waals surface area contributed by atoms with E-state index in [9.17, 15) is 9.18 Å². The number of aryl methyl sites for hydroxylation is 2. The van der Waals surface area contributed by atoms with E-state index in [2.05, 4.69) is 10.4 Å². The minimum Gasteiger partial charge on any atom is -0.484 e. The molecule has 0 aliphatic heterocycles. The van der Waals surface area contributed by atoms with Crippen molar-refractivity contribution in [3.8, 4) is 5.75 Å². The second-order valence-corrected chi connectivity index (χ2v) is 4.61. The van der Waals surface area contributed by atoms with Crippen molar-refractivity contribution in [2.24, 2.45) is 7.05 Å². The Labute approximate surface area is 120 Å². The van der Waals surface area contributed by atoms with Crippen molar-refractivity contribution in [1.29, 1.82) is 0 Å². The number of carbonyl (C=O) groups is 1. The molecule has 0 aliphatic rings. The van der Waals surface area contributed by atoms with Gasteiger partial charge in [-0.1, -0.05) is 11.6 Å². The van der Waals surface area contributed by atoms with Gasteiger partial charge in [-0.05, 0) is 19.1 Å². The summed E-state index contributed by atoms with van der Waals surface area (Å²) in [6, 6.07) is 5.65. The molecule has 0 fully saturated rings. The van der Waals surface area contributed by atoms with E-state index in [0.29, 0.717) is 11.6 Å². The summed E-state index contributed by atoms with van der Waals surface area (Å²) < 4.78 is 19.7. The third-order valence-corrected chi connectivity index (χ3v) is 2.82. The molecule has 0 saturated carbocycles. The van der Waals surface area contributed by atoms with Crippen LogP contribution in [0.3, 0.4) is 0 Å². The first-order valence-electron chi connectivity index (χ1n) is 5.84. The normalized spacial score (nSPS) is 10.4. The van der Waals surface area contributed by atoms with Crippen molar-refractivity contribution in [2.75, 3.05) is 11.9 Å². The summed E-state index contributed by atoms with van der Waals surface area (Å²) in [6.45, 7) is 1.62. The highest BCUT2D eigenvalue weighted by Gasteiger charge is 2.08. The van der Waals surface area contributed by atoms with Crippen LogP contribution in [-0.4, -0.2) is 22.3 Å². The fraction of sp³-hybridized carbons (Fsp3) is 0.231. The zero-order chi connectivity index (χ0) is 14.7. The fourth-order valence-electron chi connectivity index (χ4n) is 1.62. The lowest BCUT2D eigenvalue weighted by molar-refractivity contribution is -0.118. The van der Waals surface area contributed by atoms with Crippen molar-refractivity contribution >= 4 is 23.3 Å². The number of halogens is 2. The molecule has 1 aromatic carbocycles. The first kappa shape index (κ1) is 14.3. The molecule has 0 atom stereocenters. The Bertz CT molecular complexity index is 643. The van der Waals surface area contributed by atoms with E-state index in [4.69, 9.17) is 16.3 Å². The van der Waals surface area contributed by atoms with E-state index >= 15 is 0 Å². The first-order chi connectivity index (χ1) is 9.45. The second kappa shape index (κ2) is 5.92. The third kappa shape index (κ3) is 3.48. The van der Waals surface area contributed by atoms with E-state index in [1.807, 2.05) is 6.92 Å². The highest BCUT2D eigenvalue weighted by atomic mass is 35.5. The van der Waals surface area contributed by atoms with Crippen molar-refractivity contribution in [3.63, 3.8) is 0 Å². The number of amides is 1. The van der Waals surface area contributed by atoms with Crippen LogP contribution in [0.2, 0.25) is 5.02 Å². The van der Waals surface area contributed by atoms with Crippen LogP contribution in [0.4, 0.5) is 10.2 Å². The Morgan fingerprint density at radius 3 is 2.85 bits per heavy atom. The molecule has 1 heterocycles. The van der Waals surface area contributed by atoms with Gasteiger partial charge in [-0.15, -0.1) is 0 Å². The highest BCUT2D eigenvalue weighted by Crippen LogP contribution is 2.21. The predicted octanol–water partition coefficient (Wildman–Crippen LogP) is 2.54. The van der Waals surface area contributed by atoms with Crippen LogP contribution in [0.1, 0.15) is 5.69 Å². The van der Waals surface area contributed by atoms with Gasteiger partial charge in [-0.25, -0.2) is 4.39 Å². The molecular weight excluding hydrogens is 285 g/mol. The van der Waals surface area contributed by atoms with Gasteiger partial charge in [0.05, 0.1) is 10.7 Å². The fourth-order valence-corrected chi connectivity index (χ4v) is 1.79. The van der Waals surface area contributed by atoms with Crippen LogP contribution in [-0.2, 0) is 11.8 Å². The van der Waals surface area contributed by atoms with Gasteiger partial charge >= 0.3 is 0 Å². The molecule has 1 aromatic heterocycles. The standard InChI is InChI=1S/C13H13ClFN3O2/c1-8-5-12(18(2)17-8)16-13(19)7-20-9-3-4-11(15)10(14)6-9/h3-6H,7H2,1-2H3,(H,16,19). The van der Waals surface area contributed by atoms with E-state index in [1.54, 1.807) is 17.8 Å². The molecule has 0 saturated heterocycles. The number of benzene rings is 1. The van der Waals surface area contributed by atoms with Crippen LogP contribution in [0.25, 0.3) is 0 Å². The summed E-state index contributed by atoms with van der Waals surface area (Å²) in [5, 5.41) is 6.71. The lowest BCUT2D eigenvalue weighted by Gasteiger charge is -2.08. The molecule has 0 bridgehead atoms. The second-order valence-electron chi connectivity index (χ2n) is 4.21. The van der Waals surface area contributed by atoms with E-state index < -0.39 is 5.82 Å². The Morgan fingerprint density at radius 2 is 2.25 bits per heavy atom. The van der Waals surface area contributed by atoms with Gasteiger partial charge in [0.15, 0.2) is 6.61 Å². The number of hydrogen-bond donors (Lipinski definition) is 1. The van der Waals surface area contributed by atoms with Gasteiger partial charge in [0.25, 0.3) is 5.91 Å². The summed E-state index contributed by atoms with van der Waals surface area (Å²) in [5.41, 5.74) is 0.800. The maximum Gasteiger partial charge on any atom is 0.263 e. The van der Waals surface area contributed by atoms with Crippen LogP contribution in [0.5, 0.6) is 5.75 Å². The number of nitrogens with zero attached hydrogens (tertiary/aromatic N) is 2. The number of hydrogen-bond acceptors (Lipinski definition) is 3. The molecule has 1 N–H and O–H groups in total. The third-order valence-electron chi connectivity index (χ3n) is 2.53. The molecular formula is C13H13ClFN3O2. The maximum absolute atomic E-state index is 13.0. The summed E-state index contributed by atoms with van der Waals surface area (Å²) in [4.78, 5) is 11.7. The predicted molar refractivity (Wildman–Crippen MR) is 73.5 cm³/mol. The Balaban J connectivity index is 1.92. The smallest absolute Gasteiger partial charge is 0.263 e. The molecule has 0 aliphatic carbocycles. The number of aromatic nitrogens is 2. The Hall–Kier alpha value is -2.08. The lowest BCUT2D eigenvalue weighted by atomic mass is 10.3. The van der Waals surface area contributed by atoms with Crippen molar-refractivity contribution in [3.05, 3.63) is 40.8 Å². The van der Waals surface area contributed by atoms with Gasteiger partial charge in [-0.3, -0.25) is 9.48 Å². The number of carbonyl (C=O) groups excluding carboxylic acids is 1. The molecule has 0 unspecified atom stereocenters. The average Bonchev–Trinajstić information content (AvgIpc) is 2.69. The molecule has 2 aromatic rings. The average molecular weight is 298 g/mol. The number of anilines is 1. The molecule has 2 rings (SSSR count). The number of ether oxygens (including phenoxy) is 1. The van der Waals surface area contributed by atoms with Crippen molar-refractivity contribution < 1.29 is 13.9 Å². The van der Waals surface area contributed by atoms with Gasteiger partial charge in [0.2, 0.25) is 0 Å². The van der Waals surface area contributed by atoms with E-state index in [1.165, 1.54) is 18.2 Å². The highest BCUT2D eigenvalue weighted by molar-refractivity contribution is 6.30. The van der Waals surface area contributed by atoms with E-state index in [-0.39, 0.29) is 17.5 Å². The molecule has 0 spiro atoms. The zero-order valence-corrected chi connectivity index (χ0v) is 11.7. The van der Waals surface area contributed by atoms with Crippen LogP contribution < -0.4 is 10.1 Å². The van der Waals surface area contributed by atoms with Crippen LogP contribution in [0, 0.1) is 12.7 Å². The zero-order valence-electron chi connectivity index (χ0n) is 11.0. The summed E-state index contributed by atoms with van der Waals surface area (Å²) >= 11 is 5.62. The lowest BCUT2D eigenvalue weighted by Crippen LogP contribution is -2.21. The quantitative estimate of drug-likeness (QED) is 0.943. The maximum atomic E-state index is 13.0. The molecule has 106 valence electrons. The summed E-state index contributed by atoms with van der Waals surface area (Å²) in [6.07, 6.45) is 0. The largest absolute Gasteiger partial charge is 0.484 e. The molecule has 7 heteroatoms. The molecule has 20 heavy (non-hydrogen) atoms. The van der Waals surface area contributed by atoms with Crippen LogP contribution >= 0.6 is 11.6 Å². The summed E-state index contributed by atoms with van der Waals surface area (Å²) in [5.74, 6) is 0.0308. The molecule has 1 amide bonds. The Kier molecular flexibility index (Phi) is 4.24. The van der Waals surface area contributed by atoms with Gasteiger partial charge in [0, 0.05) is 19.2 Å². The van der Waals surface area contributed by atoms with Gasteiger partial charge in [-0.2, -0.15) is 5.10 Å². The summed E-state index contributed by atoms with van der Waals surface area (Å²) in [7, 11) is 1.73. The number of nitrogens with one attached hydrogen (secondary N) is 1. The van der Waals surface area contributed by atoms with Gasteiger partial charge < -0.3 is 10.1 Å². The Morgan fingerprint density at radius 1 is 1.50 bits per heavy atom. The molecule has 0 radical (unpaired) electrons. The van der Waals surface area contributed by atoms with Crippen molar-refractivity contribution in [2.45, 2.75) is 6.92 Å².